The number of hydrogen-bond acceptors (Lipinski definition) is 3. The van der Waals surface area contributed by atoms with E-state index in [1.807, 2.05) is 22.6 Å². The van der Waals surface area contributed by atoms with Crippen molar-refractivity contribution in [3.8, 4) is 0 Å². The Balaban J connectivity index is 2.29. The Kier molecular flexibility index (Phi) is 4.73. The Labute approximate surface area is 137 Å². The quantitative estimate of drug-likeness (QED) is 0.458. The first kappa shape index (κ1) is 15.6. The Morgan fingerprint density at radius 2 is 2.00 bits per heavy atom. The fourth-order valence-electron chi connectivity index (χ4n) is 1.57. The minimum absolute atomic E-state index is 0.0511. The van der Waals surface area contributed by atoms with Crippen LogP contribution >= 0.6 is 34.2 Å². The summed E-state index contributed by atoms with van der Waals surface area (Å²) in [6, 6.07) is 7.72. The molecule has 0 saturated heterocycles. The summed E-state index contributed by atoms with van der Waals surface area (Å²) in [6.07, 6.45) is 0. The molecule has 5 nitrogen and oxygen atoms in total. The van der Waals surface area contributed by atoms with E-state index in [4.69, 9.17) is 11.6 Å². The number of nitrogens with zero attached hydrogens (tertiary/aromatic N) is 1. The van der Waals surface area contributed by atoms with Crippen LogP contribution < -0.4 is 5.32 Å². The second-order valence-corrected chi connectivity index (χ2v) is 5.57. The largest absolute Gasteiger partial charge is 0.322 e. The fraction of sp³-hybridized carbons (Fsp3) is 0. The lowest BCUT2D eigenvalue weighted by molar-refractivity contribution is -0.384. The highest BCUT2D eigenvalue weighted by molar-refractivity contribution is 14.1. The minimum Gasteiger partial charge on any atom is -0.322 e. The topological polar surface area (TPSA) is 72.2 Å². The number of benzene rings is 2. The van der Waals surface area contributed by atoms with Crippen molar-refractivity contribution in [2.75, 3.05) is 5.32 Å². The van der Waals surface area contributed by atoms with Gasteiger partial charge in [-0.25, -0.2) is 4.39 Å². The molecule has 0 heterocycles. The van der Waals surface area contributed by atoms with Crippen LogP contribution in [-0.4, -0.2) is 10.8 Å². The lowest BCUT2D eigenvalue weighted by Gasteiger charge is -2.07. The van der Waals surface area contributed by atoms with Crippen molar-refractivity contribution in [2.45, 2.75) is 0 Å². The van der Waals surface area contributed by atoms with Gasteiger partial charge in [-0.2, -0.15) is 0 Å². The summed E-state index contributed by atoms with van der Waals surface area (Å²) < 4.78 is 13.8. The van der Waals surface area contributed by atoms with Crippen LogP contribution in [0.5, 0.6) is 0 Å². The Bertz CT molecular complexity index is 739. The smallest absolute Gasteiger partial charge is 0.270 e. The van der Waals surface area contributed by atoms with Crippen molar-refractivity contribution in [3.05, 3.63) is 66.5 Å². The van der Waals surface area contributed by atoms with Gasteiger partial charge in [0.1, 0.15) is 5.82 Å². The molecule has 2 aromatic rings. The van der Waals surface area contributed by atoms with Crippen LogP contribution in [0.1, 0.15) is 10.4 Å². The first-order chi connectivity index (χ1) is 9.88. The van der Waals surface area contributed by atoms with Crippen LogP contribution in [0.25, 0.3) is 0 Å². The summed E-state index contributed by atoms with van der Waals surface area (Å²) in [6.45, 7) is 0. The van der Waals surface area contributed by atoms with Gasteiger partial charge in [0.15, 0.2) is 0 Å². The SMILES string of the molecule is O=C(Nc1ccc(I)c(F)c1)c1cc([N+](=O)[O-])ccc1Cl. The standard InChI is InChI=1S/C13H7ClFIN2O3/c14-10-3-2-8(18(20)21)6-9(10)13(19)17-7-1-4-12(16)11(15)5-7/h1-6H,(H,17,19). The van der Waals surface area contributed by atoms with E-state index in [0.29, 0.717) is 3.57 Å². The van der Waals surface area contributed by atoms with E-state index in [1.165, 1.54) is 24.3 Å². The highest BCUT2D eigenvalue weighted by Gasteiger charge is 2.16. The molecule has 108 valence electrons. The molecule has 0 atom stereocenters. The van der Waals surface area contributed by atoms with E-state index < -0.39 is 16.6 Å². The number of carbonyl (C=O) groups excluding carboxylic acids is 1. The first-order valence-corrected chi connectivity index (χ1v) is 7.04. The van der Waals surface area contributed by atoms with Crippen molar-refractivity contribution in [1.82, 2.24) is 0 Å². The lowest BCUT2D eigenvalue weighted by atomic mass is 10.2. The molecule has 2 rings (SSSR count). The van der Waals surface area contributed by atoms with Gasteiger partial charge in [-0.1, -0.05) is 11.6 Å². The molecular weight excluding hydrogens is 414 g/mol. The third-order valence-electron chi connectivity index (χ3n) is 2.58. The molecule has 0 radical (unpaired) electrons. The Morgan fingerprint density at radius 3 is 2.62 bits per heavy atom. The predicted molar refractivity (Wildman–Crippen MR) is 85.2 cm³/mol. The zero-order chi connectivity index (χ0) is 15.6. The van der Waals surface area contributed by atoms with Crippen LogP contribution in [0.3, 0.4) is 0 Å². The maximum atomic E-state index is 13.4. The summed E-state index contributed by atoms with van der Waals surface area (Å²) >= 11 is 7.68. The highest BCUT2D eigenvalue weighted by Crippen LogP contribution is 2.23. The second kappa shape index (κ2) is 6.35. The van der Waals surface area contributed by atoms with Crippen LogP contribution in [0.2, 0.25) is 5.02 Å². The van der Waals surface area contributed by atoms with Crippen molar-refractivity contribution < 1.29 is 14.1 Å². The van der Waals surface area contributed by atoms with E-state index in [-0.39, 0.29) is 22.0 Å². The summed E-state index contributed by atoms with van der Waals surface area (Å²) in [5, 5.41) is 13.2. The molecule has 1 N–H and O–H groups in total. The predicted octanol–water partition coefficient (Wildman–Crippen LogP) is 4.24. The Morgan fingerprint density at radius 1 is 1.29 bits per heavy atom. The Hall–Kier alpha value is -1.74. The number of hydrogen-bond donors (Lipinski definition) is 1. The van der Waals surface area contributed by atoms with Crippen molar-refractivity contribution >= 4 is 51.5 Å². The fourth-order valence-corrected chi connectivity index (χ4v) is 2.11. The van der Waals surface area contributed by atoms with E-state index >= 15 is 0 Å². The monoisotopic (exact) mass is 420 g/mol. The number of anilines is 1. The molecule has 2 aromatic carbocycles. The third kappa shape index (κ3) is 3.67. The molecule has 0 spiro atoms. The number of nitrogens with one attached hydrogen (secondary N) is 1. The normalized spacial score (nSPS) is 10.2. The summed E-state index contributed by atoms with van der Waals surface area (Å²) in [7, 11) is 0. The van der Waals surface area contributed by atoms with E-state index in [0.717, 1.165) is 12.1 Å². The molecule has 0 aliphatic rings. The third-order valence-corrected chi connectivity index (χ3v) is 3.79. The molecular formula is C13H7ClFIN2O3. The summed E-state index contributed by atoms with van der Waals surface area (Å²) in [5.74, 6) is -1.12. The highest BCUT2D eigenvalue weighted by atomic mass is 127. The number of halogens is 3. The van der Waals surface area contributed by atoms with Crippen LogP contribution in [0.4, 0.5) is 15.8 Å². The van der Waals surface area contributed by atoms with Gasteiger partial charge in [0, 0.05) is 21.4 Å². The molecule has 0 aliphatic heterocycles. The average Bonchev–Trinajstić information content (AvgIpc) is 2.43. The molecule has 0 saturated carbocycles. The lowest BCUT2D eigenvalue weighted by Crippen LogP contribution is -2.13. The number of nitro groups is 1. The van der Waals surface area contributed by atoms with Gasteiger partial charge in [0.2, 0.25) is 0 Å². The van der Waals surface area contributed by atoms with Crippen LogP contribution in [0.15, 0.2) is 36.4 Å². The van der Waals surface area contributed by atoms with Gasteiger partial charge in [0.25, 0.3) is 11.6 Å². The van der Waals surface area contributed by atoms with Gasteiger partial charge in [-0.05, 0) is 46.9 Å². The van der Waals surface area contributed by atoms with E-state index in [2.05, 4.69) is 5.32 Å². The molecule has 0 bridgehead atoms. The molecule has 0 aliphatic carbocycles. The van der Waals surface area contributed by atoms with Gasteiger partial charge in [0.05, 0.1) is 15.5 Å². The van der Waals surface area contributed by atoms with Crippen molar-refractivity contribution in [2.24, 2.45) is 0 Å². The van der Waals surface area contributed by atoms with Gasteiger partial charge in [-0.15, -0.1) is 0 Å². The maximum Gasteiger partial charge on any atom is 0.270 e. The molecule has 21 heavy (non-hydrogen) atoms. The zero-order valence-corrected chi connectivity index (χ0v) is 13.2. The molecule has 0 unspecified atom stereocenters. The zero-order valence-electron chi connectivity index (χ0n) is 10.3. The number of amides is 1. The van der Waals surface area contributed by atoms with E-state index in [9.17, 15) is 19.3 Å². The van der Waals surface area contributed by atoms with Gasteiger partial charge < -0.3 is 5.32 Å². The second-order valence-electron chi connectivity index (χ2n) is 4.00. The van der Waals surface area contributed by atoms with Crippen molar-refractivity contribution in [3.63, 3.8) is 0 Å². The average molecular weight is 421 g/mol. The minimum atomic E-state index is -0.649. The number of carbonyl (C=O) groups is 1. The van der Waals surface area contributed by atoms with Crippen molar-refractivity contribution in [1.29, 1.82) is 0 Å². The maximum absolute atomic E-state index is 13.4. The molecule has 8 heteroatoms. The van der Waals surface area contributed by atoms with Crippen LogP contribution in [-0.2, 0) is 0 Å². The van der Waals surface area contributed by atoms with Gasteiger partial charge in [-0.3, -0.25) is 14.9 Å². The van der Waals surface area contributed by atoms with Crippen LogP contribution in [0, 0.1) is 19.5 Å². The molecule has 0 aromatic heterocycles. The first-order valence-electron chi connectivity index (χ1n) is 5.59. The number of nitro benzene ring substituents is 1. The number of non-ortho nitro benzene ring substituents is 1. The van der Waals surface area contributed by atoms with E-state index in [1.54, 1.807) is 0 Å². The number of rotatable bonds is 3. The summed E-state index contributed by atoms with van der Waals surface area (Å²) in [4.78, 5) is 22.1. The molecule has 1 amide bonds. The molecule has 0 fully saturated rings. The van der Waals surface area contributed by atoms with Gasteiger partial charge >= 0.3 is 0 Å². The summed E-state index contributed by atoms with van der Waals surface area (Å²) in [5.41, 5.74) is -0.0661.